The van der Waals surface area contributed by atoms with Gasteiger partial charge in [-0.25, -0.2) is 0 Å². The maximum atomic E-state index is 5.18. The summed E-state index contributed by atoms with van der Waals surface area (Å²) >= 11 is 0. The maximum Gasteiger partial charge on any atom is 0.507 e. The lowest BCUT2D eigenvalue weighted by atomic mass is 9.13. The first-order valence-electron chi connectivity index (χ1n) is 19.4. The minimum absolute atomic E-state index is 0.727. The molecule has 0 N–H and O–H groups in total. The highest BCUT2D eigenvalue weighted by molar-refractivity contribution is 7.71. The molecule has 312 valence electrons. The van der Waals surface area contributed by atoms with Gasteiger partial charge in [0.05, 0.1) is 0 Å². The van der Waals surface area contributed by atoms with E-state index in [0.29, 0.717) is 0 Å². The van der Waals surface area contributed by atoms with Crippen molar-refractivity contribution >= 4 is 59.7 Å². The predicted octanol–water partition coefficient (Wildman–Crippen LogP) is 3.64. The van der Waals surface area contributed by atoms with Crippen molar-refractivity contribution in [3.63, 3.8) is 0 Å². The van der Waals surface area contributed by atoms with Gasteiger partial charge in [0.2, 0.25) is 23.8 Å². The molecular formula is C44H68BN12P. The van der Waals surface area contributed by atoms with Gasteiger partial charge in [0.15, 0.2) is 0 Å². The fourth-order valence-corrected chi connectivity index (χ4v) is 9.71. The van der Waals surface area contributed by atoms with Gasteiger partial charge < -0.3 is 39.2 Å². The molecule has 0 fully saturated rings. The van der Waals surface area contributed by atoms with Crippen LogP contribution in [0, 0.1) is 0 Å². The molecule has 0 radical (unpaired) electrons. The fourth-order valence-electron chi connectivity index (χ4n) is 7.05. The minimum Gasteiger partial charge on any atom is -0.346 e. The fraction of sp³-hybridized carbons (Fsp3) is 0.364. The zero-order chi connectivity index (χ0) is 43.2. The largest absolute Gasteiger partial charge is 0.507 e. The molecule has 0 saturated heterocycles. The number of rotatable bonds is 8. The van der Waals surface area contributed by atoms with E-state index in [1.807, 2.05) is 152 Å². The molecule has 0 aliphatic carbocycles. The Labute approximate surface area is 351 Å². The zero-order valence-corrected chi connectivity index (χ0v) is 38.8. The van der Waals surface area contributed by atoms with Crippen LogP contribution < -0.4 is 21.9 Å². The lowest BCUT2D eigenvalue weighted by molar-refractivity contribution is 0.479. The summed E-state index contributed by atoms with van der Waals surface area (Å²) in [6.07, 6.45) is -1.22. The van der Waals surface area contributed by atoms with E-state index < -0.39 is 14.0 Å². The Morgan fingerprint density at radius 3 is 0.586 bits per heavy atom. The van der Waals surface area contributed by atoms with Crippen LogP contribution in [0.25, 0.3) is 0 Å². The van der Waals surface area contributed by atoms with Crippen molar-refractivity contribution in [2.45, 2.75) is 0 Å². The Kier molecular flexibility index (Phi) is 17.2. The lowest BCUT2D eigenvalue weighted by Crippen LogP contribution is -2.74. The van der Waals surface area contributed by atoms with Crippen LogP contribution in [-0.2, 0) is 0 Å². The molecule has 0 amide bonds. The van der Waals surface area contributed by atoms with Crippen LogP contribution in [0.1, 0.15) is 0 Å². The standard InChI is InChI=1S/C24H20B.C20H48N12P/c1-5-13-21(14-6-1)25(22-15-7-2-8-16-22,23-17-9-3-10-18-23)24-19-11-4-12-20-24;1-25(2)17(26(3)4)21-33(22-18(27(5)6)28(7)8,23-19(29(9)10)30(11)12)24-20(31(13)14)32(15)16/h1-20H;1-16H3/q-1;+1. The molecule has 0 aromatic heterocycles. The van der Waals surface area contributed by atoms with Gasteiger partial charge in [-0.3, -0.25) is 0 Å². The van der Waals surface area contributed by atoms with E-state index in [0.717, 1.165) is 23.8 Å². The second-order valence-electron chi connectivity index (χ2n) is 15.8. The van der Waals surface area contributed by atoms with Gasteiger partial charge in [0.1, 0.15) is 6.15 Å². The molecule has 14 heteroatoms. The Hall–Kier alpha value is -5.55. The van der Waals surface area contributed by atoms with Crippen molar-refractivity contribution in [3.8, 4) is 0 Å². The average molecular weight is 807 g/mol. The number of hydrogen-bond donors (Lipinski definition) is 0. The zero-order valence-electron chi connectivity index (χ0n) is 37.9. The minimum atomic E-state index is -3.13. The summed E-state index contributed by atoms with van der Waals surface area (Å²) in [6.45, 7) is 0. The number of guanidine groups is 4. The van der Waals surface area contributed by atoms with Gasteiger partial charge in [-0.05, 0) is 19.1 Å². The third-order valence-electron chi connectivity index (χ3n) is 9.29. The summed E-state index contributed by atoms with van der Waals surface area (Å²) in [5.74, 6) is 2.91. The first-order valence-corrected chi connectivity index (χ1v) is 21.0. The Bertz CT molecular complexity index is 1620. The van der Waals surface area contributed by atoms with Crippen molar-refractivity contribution in [2.75, 3.05) is 113 Å². The Morgan fingerprint density at radius 1 is 0.293 bits per heavy atom. The van der Waals surface area contributed by atoms with Crippen LogP contribution in [0.3, 0.4) is 0 Å². The highest BCUT2D eigenvalue weighted by Gasteiger charge is 2.47. The first kappa shape index (κ1) is 46.8. The summed E-state index contributed by atoms with van der Waals surface area (Å²) in [7, 11) is 28.2. The van der Waals surface area contributed by atoms with E-state index in [1.54, 1.807) is 0 Å². The van der Waals surface area contributed by atoms with E-state index in [4.69, 9.17) is 19.1 Å². The highest BCUT2D eigenvalue weighted by atomic mass is 31.2. The van der Waals surface area contributed by atoms with Crippen molar-refractivity contribution in [3.05, 3.63) is 121 Å². The third kappa shape index (κ3) is 11.8. The van der Waals surface area contributed by atoms with Gasteiger partial charge >= 0.3 is 7.87 Å². The van der Waals surface area contributed by atoms with Crippen LogP contribution in [-0.4, -0.2) is 182 Å². The Morgan fingerprint density at radius 2 is 0.448 bits per heavy atom. The first-order chi connectivity index (χ1) is 27.4. The quantitative estimate of drug-likeness (QED) is 0.116. The van der Waals surface area contributed by atoms with Gasteiger partial charge in [0.25, 0.3) is 0 Å². The third-order valence-corrected chi connectivity index (χ3v) is 11.1. The topological polar surface area (TPSA) is 75.4 Å². The molecule has 0 unspecified atom stereocenters. The van der Waals surface area contributed by atoms with Crippen LogP contribution in [0.2, 0.25) is 0 Å². The van der Waals surface area contributed by atoms with E-state index >= 15 is 0 Å². The van der Waals surface area contributed by atoms with Crippen LogP contribution >= 0.6 is 7.87 Å². The van der Waals surface area contributed by atoms with E-state index in [9.17, 15) is 0 Å². The van der Waals surface area contributed by atoms with Crippen LogP contribution in [0.5, 0.6) is 0 Å². The molecule has 4 aromatic carbocycles. The second-order valence-corrected chi connectivity index (χ2v) is 17.7. The summed E-state index contributed by atoms with van der Waals surface area (Å²) < 4.78 is 20.7. The summed E-state index contributed by atoms with van der Waals surface area (Å²) in [5.41, 5.74) is 5.36. The van der Waals surface area contributed by atoms with Gasteiger partial charge in [0, 0.05) is 113 Å². The summed E-state index contributed by atoms with van der Waals surface area (Å²) in [4.78, 5) is 15.6. The molecule has 58 heavy (non-hydrogen) atoms. The van der Waals surface area contributed by atoms with Crippen LogP contribution in [0.15, 0.2) is 140 Å². The smallest absolute Gasteiger partial charge is 0.346 e. The number of nitrogens with zero attached hydrogens (tertiary/aromatic N) is 12. The summed E-state index contributed by atoms with van der Waals surface area (Å²) in [6, 6.07) is 43.5. The second kappa shape index (κ2) is 21.3. The molecule has 0 spiro atoms. The van der Waals surface area contributed by atoms with Crippen molar-refractivity contribution in [1.82, 2.24) is 39.2 Å². The monoisotopic (exact) mass is 807 g/mol. The average Bonchev–Trinajstić information content (AvgIpc) is 3.18. The van der Waals surface area contributed by atoms with Crippen LogP contribution in [0.4, 0.5) is 0 Å². The van der Waals surface area contributed by atoms with Gasteiger partial charge in [-0.1, -0.05) is 121 Å². The molecule has 0 bridgehead atoms. The van der Waals surface area contributed by atoms with Crippen molar-refractivity contribution in [2.24, 2.45) is 19.1 Å². The molecule has 0 aliphatic rings. The van der Waals surface area contributed by atoms with Gasteiger partial charge in [-0.15, -0.1) is 0 Å². The normalized spacial score (nSPS) is 10.8. The molecule has 0 atom stereocenters. The molecule has 12 nitrogen and oxygen atoms in total. The Balaban J connectivity index is 0.000000319. The predicted molar refractivity (Wildman–Crippen MR) is 256 cm³/mol. The number of hydrogen-bond acceptors (Lipinski definition) is 4. The molecular weight excluding hydrogens is 738 g/mol. The maximum absolute atomic E-state index is 5.18. The van der Waals surface area contributed by atoms with E-state index in [2.05, 4.69) is 121 Å². The molecule has 0 aliphatic heterocycles. The summed E-state index contributed by atoms with van der Waals surface area (Å²) in [5, 5.41) is 0. The van der Waals surface area contributed by atoms with E-state index in [-0.39, 0.29) is 0 Å². The molecule has 4 aromatic rings. The van der Waals surface area contributed by atoms with Gasteiger partial charge in [-0.2, -0.15) is 21.9 Å². The van der Waals surface area contributed by atoms with Crippen molar-refractivity contribution in [1.29, 1.82) is 0 Å². The molecule has 4 rings (SSSR count). The van der Waals surface area contributed by atoms with Crippen molar-refractivity contribution < 1.29 is 0 Å². The van der Waals surface area contributed by atoms with E-state index in [1.165, 1.54) is 21.9 Å². The molecule has 0 heterocycles. The lowest BCUT2D eigenvalue weighted by Gasteiger charge is -2.44. The molecule has 0 saturated carbocycles. The SMILES string of the molecule is CN(C)C(=N[P+](N=C(N(C)C)N(C)C)(N=C(N(C)C)N(C)C)N=C(N(C)C)N(C)C)N(C)C.c1ccc([B-](c2ccccc2)(c2ccccc2)c2ccccc2)cc1. The highest BCUT2D eigenvalue weighted by Crippen LogP contribution is 2.66. The number of benzene rings is 4.